The van der Waals surface area contributed by atoms with Crippen molar-refractivity contribution in [2.24, 2.45) is 4.99 Å². The minimum atomic E-state index is -0.527. The molecule has 1 aliphatic carbocycles. The Morgan fingerprint density at radius 2 is 1.46 bits per heavy atom. The van der Waals surface area contributed by atoms with Gasteiger partial charge in [-0.25, -0.2) is 4.99 Å². The molecule has 0 amide bonds. The summed E-state index contributed by atoms with van der Waals surface area (Å²) in [4.78, 5) is 16.6. The molecule has 0 atom stereocenters. The lowest BCUT2D eigenvalue weighted by molar-refractivity contribution is -0.111. The molecule has 0 heterocycles. The summed E-state index contributed by atoms with van der Waals surface area (Å²) in [6.45, 7) is -0.527. The van der Waals surface area contributed by atoms with Crippen LogP contribution in [-0.4, -0.2) is 38.5 Å². The number of phenols is 2. The van der Waals surface area contributed by atoms with Crippen molar-refractivity contribution in [1.82, 2.24) is 0 Å². The second-order valence-electron chi connectivity index (χ2n) is 5.55. The van der Waals surface area contributed by atoms with E-state index >= 15 is 0 Å². The Labute approximate surface area is 148 Å². The maximum Gasteiger partial charge on any atom is 0.206 e. The summed E-state index contributed by atoms with van der Waals surface area (Å²) in [6.07, 6.45) is 1.02. The van der Waals surface area contributed by atoms with Crippen molar-refractivity contribution in [2.45, 2.75) is 0 Å². The number of aliphatic imine (C=N–C) groups is 1. The highest BCUT2D eigenvalue weighted by Gasteiger charge is 2.26. The lowest BCUT2D eigenvalue weighted by atomic mass is 9.97. The van der Waals surface area contributed by atoms with Crippen LogP contribution in [0.2, 0.25) is 0 Å². The average Bonchev–Trinajstić information content (AvgIpc) is 2.62. The Balaban J connectivity index is 2.03. The number of rotatable bonds is 4. The molecule has 0 aliphatic heterocycles. The molecule has 0 aromatic heterocycles. The van der Waals surface area contributed by atoms with Crippen molar-refractivity contribution in [3.8, 4) is 11.5 Å². The minimum Gasteiger partial charge on any atom is -0.508 e. The lowest BCUT2D eigenvalue weighted by Crippen LogP contribution is -2.25. The molecule has 7 heteroatoms. The van der Waals surface area contributed by atoms with Gasteiger partial charge in [0.1, 0.15) is 23.0 Å². The van der Waals surface area contributed by atoms with E-state index in [9.17, 15) is 25.2 Å². The first kappa shape index (κ1) is 17.2. The molecular weight excluding hydrogens is 336 g/mol. The third kappa shape index (κ3) is 3.57. The third-order valence-corrected chi connectivity index (χ3v) is 3.73. The van der Waals surface area contributed by atoms with Crippen LogP contribution < -0.4 is 5.32 Å². The summed E-state index contributed by atoms with van der Waals surface area (Å²) in [5.74, 6) is -0.721. The standard InChI is InChI=1S/C19H16N2O5/c22-10-15-18(20-11-1-5-13(23)6-2-11)16(25)9-17(26)19(15)21-12-3-7-14(24)8-4-12/h1-9,20,22-24,26H,10H2/b21-19-. The van der Waals surface area contributed by atoms with E-state index in [0.29, 0.717) is 11.4 Å². The normalized spacial score (nSPS) is 16.0. The number of aliphatic hydroxyl groups excluding tert-OH is 2. The van der Waals surface area contributed by atoms with E-state index in [2.05, 4.69) is 10.3 Å². The summed E-state index contributed by atoms with van der Waals surface area (Å²) in [5, 5.41) is 41.5. The molecule has 2 aromatic carbocycles. The molecule has 132 valence electrons. The fraction of sp³-hybridized carbons (Fsp3) is 0.0526. The number of nitrogens with one attached hydrogen (secondary N) is 1. The predicted molar refractivity (Wildman–Crippen MR) is 96.8 cm³/mol. The van der Waals surface area contributed by atoms with E-state index in [0.717, 1.165) is 6.08 Å². The van der Waals surface area contributed by atoms with Crippen LogP contribution in [0.1, 0.15) is 0 Å². The lowest BCUT2D eigenvalue weighted by Gasteiger charge is -2.19. The van der Waals surface area contributed by atoms with Crippen molar-refractivity contribution in [1.29, 1.82) is 0 Å². The number of anilines is 1. The van der Waals surface area contributed by atoms with Crippen molar-refractivity contribution >= 4 is 22.9 Å². The van der Waals surface area contributed by atoms with E-state index in [-0.39, 0.29) is 34.2 Å². The van der Waals surface area contributed by atoms with Gasteiger partial charge in [-0.2, -0.15) is 0 Å². The van der Waals surface area contributed by atoms with Crippen molar-refractivity contribution < 1.29 is 25.2 Å². The Hall–Kier alpha value is -3.58. The largest absolute Gasteiger partial charge is 0.508 e. The Bertz CT molecular complexity index is 925. The van der Waals surface area contributed by atoms with Gasteiger partial charge in [0.2, 0.25) is 5.78 Å². The van der Waals surface area contributed by atoms with E-state index in [4.69, 9.17) is 0 Å². The summed E-state index contributed by atoms with van der Waals surface area (Å²) in [7, 11) is 0. The van der Waals surface area contributed by atoms with Gasteiger partial charge >= 0.3 is 0 Å². The minimum absolute atomic E-state index is 0.0547. The van der Waals surface area contributed by atoms with Crippen molar-refractivity contribution in [2.75, 3.05) is 11.9 Å². The Morgan fingerprint density at radius 3 is 2.04 bits per heavy atom. The van der Waals surface area contributed by atoms with E-state index in [1.807, 2.05) is 0 Å². The molecule has 0 saturated carbocycles. The second kappa shape index (κ2) is 7.12. The highest BCUT2D eigenvalue weighted by atomic mass is 16.3. The molecule has 1 aliphatic rings. The van der Waals surface area contributed by atoms with Crippen LogP contribution in [0, 0.1) is 0 Å². The molecule has 0 fully saturated rings. The van der Waals surface area contributed by atoms with Crippen molar-refractivity contribution in [3.63, 3.8) is 0 Å². The molecule has 0 bridgehead atoms. The van der Waals surface area contributed by atoms with Gasteiger partial charge in [-0.05, 0) is 48.5 Å². The number of benzene rings is 2. The summed E-state index contributed by atoms with van der Waals surface area (Å²) in [5.41, 5.74) is 1.22. The van der Waals surface area contributed by atoms with Gasteiger partial charge in [-0.1, -0.05) is 0 Å². The van der Waals surface area contributed by atoms with Crippen LogP contribution in [0.25, 0.3) is 0 Å². The molecule has 0 spiro atoms. The van der Waals surface area contributed by atoms with Crippen LogP contribution in [0.4, 0.5) is 11.4 Å². The smallest absolute Gasteiger partial charge is 0.206 e. The number of ketones is 1. The van der Waals surface area contributed by atoms with Gasteiger partial charge in [-0.15, -0.1) is 0 Å². The molecule has 2 aromatic rings. The summed E-state index contributed by atoms with van der Waals surface area (Å²) >= 11 is 0. The molecule has 7 nitrogen and oxygen atoms in total. The monoisotopic (exact) mass is 352 g/mol. The van der Waals surface area contributed by atoms with Gasteiger partial charge in [0.15, 0.2) is 0 Å². The topological polar surface area (TPSA) is 122 Å². The van der Waals surface area contributed by atoms with Gasteiger partial charge in [-0.3, -0.25) is 4.79 Å². The van der Waals surface area contributed by atoms with E-state index < -0.39 is 12.4 Å². The predicted octanol–water partition coefficient (Wildman–Crippen LogP) is 2.55. The number of carbonyl (C=O) groups is 1. The number of aliphatic hydroxyl groups is 2. The number of hydrogen-bond donors (Lipinski definition) is 5. The fourth-order valence-corrected chi connectivity index (χ4v) is 2.45. The van der Waals surface area contributed by atoms with E-state index in [1.54, 1.807) is 12.1 Å². The van der Waals surface area contributed by atoms with Gasteiger partial charge in [0.05, 0.1) is 18.0 Å². The number of nitrogens with zero attached hydrogens (tertiary/aromatic N) is 1. The van der Waals surface area contributed by atoms with Gasteiger partial charge in [0, 0.05) is 17.3 Å². The quantitative estimate of drug-likeness (QED) is 0.426. The Morgan fingerprint density at radius 1 is 0.885 bits per heavy atom. The molecule has 3 rings (SSSR count). The summed E-state index contributed by atoms with van der Waals surface area (Å²) < 4.78 is 0. The van der Waals surface area contributed by atoms with Crippen LogP contribution >= 0.6 is 0 Å². The summed E-state index contributed by atoms with van der Waals surface area (Å²) in [6, 6.07) is 12.0. The highest BCUT2D eigenvalue weighted by Crippen LogP contribution is 2.25. The SMILES string of the molecule is O=C1C=C(O)/C(=N\c2ccc(O)cc2)C(CO)=C1Nc1ccc(O)cc1. The average molecular weight is 352 g/mol. The van der Waals surface area contributed by atoms with E-state index in [1.165, 1.54) is 36.4 Å². The number of allylic oxidation sites excluding steroid dienone is 2. The van der Waals surface area contributed by atoms with Gasteiger partial charge < -0.3 is 25.7 Å². The first-order valence-electron chi connectivity index (χ1n) is 7.71. The molecule has 0 unspecified atom stereocenters. The second-order valence-corrected chi connectivity index (χ2v) is 5.55. The maximum absolute atomic E-state index is 12.3. The zero-order valence-corrected chi connectivity index (χ0v) is 13.5. The number of carbonyl (C=O) groups excluding carboxylic acids is 1. The molecule has 5 N–H and O–H groups in total. The zero-order chi connectivity index (χ0) is 18.7. The maximum atomic E-state index is 12.3. The van der Waals surface area contributed by atoms with Gasteiger partial charge in [0.25, 0.3) is 0 Å². The zero-order valence-electron chi connectivity index (χ0n) is 13.5. The molecule has 26 heavy (non-hydrogen) atoms. The number of phenolic OH excluding ortho intramolecular Hbond substituents is 2. The fourth-order valence-electron chi connectivity index (χ4n) is 2.45. The number of aromatic hydroxyl groups is 2. The van der Waals surface area contributed by atoms with Crippen LogP contribution in [0.5, 0.6) is 11.5 Å². The van der Waals surface area contributed by atoms with Crippen LogP contribution in [-0.2, 0) is 4.79 Å². The Kier molecular flexibility index (Phi) is 4.72. The van der Waals surface area contributed by atoms with Crippen LogP contribution in [0.3, 0.4) is 0 Å². The first-order valence-corrected chi connectivity index (χ1v) is 7.71. The number of hydrogen-bond acceptors (Lipinski definition) is 7. The molecular formula is C19H16N2O5. The molecule has 0 radical (unpaired) electrons. The van der Waals surface area contributed by atoms with Crippen LogP contribution in [0.15, 0.2) is 76.6 Å². The first-order chi connectivity index (χ1) is 12.5. The third-order valence-electron chi connectivity index (χ3n) is 3.73. The molecule has 0 saturated heterocycles. The van der Waals surface area contributed by atoms with Crippen molar-refractivity contribution in [3.05, 3.63) is 71.6 Å². The highest BCUT2D eigenvalue weighted by molar-refractivity contribution is 6.25.